The number of carbonyl (C=O) groups excluding carboxylic acids is 1. The molecule has 2 aromatic carbocycles. The van der Waals surface area contributed by atoms with Gasteiger partial charge >= 0.3 is 12.7 Å². The predicted molar refractivity (Wildman–Crippen MR) is 107 cm³/mol. The van der Waals surface area contributed by atoms with Crippen molar-refractivity contribution >= 4 is 6.09 Å². The van der Waals surface area contributed by atoms with Crippen molar-refractivity contribution in [3.05, 3.63) is 65.7 Å². The molecule has 0 aliphatic carbocycles. The van der Waals surface area contributed by atoms with Gasteiger partial charge in [-0.2, -0.15) is 8.78 Å². The SMILES string of the molecule is O=C(N[C@H](CN1CCCC1)[C@H](O)c1ccc(OC(F)F)cc1)OCc1ccccc1. The maximum Gasteiger partial charge on any atom is 0.407 e. The Morgan fingerprint density at radius 3 is 2.37 bits per heavy atom. The Balaban J connectivity index is 1.63. The van der Waals surface area contributed by atoms with Gasteiger partial charge in [-0.25, -0.2) is 4.79 Å². The lowest BCUT2D eigenvalue weighted by molar-refractivity contribution is -0.0498. The van der Waals surface area contributed by atoms with Crippen LogP contribution in [0.15, 0.2) is 54.6 Å². The Bertz CT molecular complexity index is 783. The average molecular weight is 420 g/mol. The quantitative estimate of drug-likeness (QED) is 0.647. The Morgan fingerprint density at radius 1 is 1.07 bits per heavy atom. The van der Waals surface area contributed by atoms with Gasteiger partial charge in [0.1, 0.15) is 18.5 Å². The number of aliphatic hydroxyl groups is 1. The number of aliphatic hydroxyl groups excluding tert-OH is 1. The molecule has 1 saturated heterocycles. The third-order valence-electron chi connectivity index (χ3n) is 5.00. The second kappa shape index (κ2) is 10.9. The van der Waals surface area contributed by atoms with E-state index in [2.05, 4.69) is 15.0 Å². The number of likely N-dealkylation sites (tertiary alicyclic amines) is 1. The Labute approximate surface area is 174 Å². The van der Waals surface area contributed by atoms with Crippen LogP contribution in [0.4, 0.5) is 13.6 Å². The van der Waals surface area contributed by atoms with Gasteiger partial charge in [0.25, 0.3) is 0 Å². The summed E-state index contributed by atoms with van der Waals surface area (Å²) >= 11 is 0. The molecule has 1 aliphatic heterocycles. The standard InChI is InChI=1S/C22H26F2N2O4/c23-21(24)30-18-10-8-17(9-11-18)20(27)19(14-26-12-4-5-13-26)25-22(28)29-15-16-6-2-1-3-7-16/h1-3,6-11,19-21,27H,4-5,12-15H2,(H,25,28)/t19-,20-/m1/s1. The van der Waals surface area contributed by atoms with Crippen molar-refractivity contribution in [2.45, 2.75) is 38.2 Å². The van der Waals surface area contributed by atoms with Crippen molar-refractivity contribution in [2.75, 3.05) is 19.6 Å². The highest BCUT2D eigenvalue weighted by atomic mass is 19.3. The zero-order valence-corrected chi connectivity index (χ0v) is 16.5. The summed E-state index contributed by atoms with van der Waals surface area (Å²) in [5.74, 6) is 0.00673. The lowest BCUT2D eigenvalue weighted by Crippen LogP contribution is -2.46. The van der Waals surface area contributed by atoms with Crippen LogP contribution >= 0.6 is 0 Å². The van der Waals surface area contributed by atoms with Crippen LogP contribution in [-0.4, -0.2) is 48.4 Å². The zero-order chi connectivity index (χ0) is 21.3. The minimum atomic E-state index is -2.91. The minimum absolute atomic E-state index is 0.00673. The molecule has 8 heteroatoms. The molecule has 2 aromatic rings. The average Bonchev–Trinajstić information content (AvgIpc) is 3.25. The van der Waals surface area contributed by atoms with Crippen LogP contribution in [0, 0.1) is 0 Å². The van der Waals surface area contributed by atoms with Crippen molar-refractivity contribution in [2.24, 2.45) is 0 Å². The van der Waals surface area contributed by atoms with Crippen LogP contribution in [0.25, 0.3) is 0 Å². The summed E-state index contributed by atoms with van der Waals surface area (Å²) < 4.78 is 34.3. The number of hydrogen-bond donors (Lipinski definition) is 2. The molecule has 0 saturated carbocycles. The normalized spacial score (nSPS) is 16.3. The van der Waals surface area contributed by atoms with Crippen molar-refractivity contribution in [3.8, 4) is 5.75 Å². The van der Waals surface area contributed by atoms with Crippen LogP contribution in [0.1, 0.15) is 30.1 Å². The number of amides is 1. The van der Waals surface area contributed by atoms with Crippen LogP contribution < -0.4 is 10.1 Å². The molecule has 0 unspecified atom stereocenters. The van der Waals surface area contributed by atoms with E-state index in [0.29, 0.717) is 12.1 Å². The summed E-state index contributed by atoms with van der Waals surface area (Å²) in [7, 11) is 0. The van der Waals surface area contributed by atoms with Gasteiger partial charge in [0.15, 0.2) is 0 Å². The minimum Gasteiger partial charge on any atom is -0.445 e. The lowest BCUT2D eigenvalue weighted by atomic mass is 10.0. The van der Waals surface area contributed by atoms with Crippen molar-refractivity contribution in [1.82, 2.24) is 10.2 Å². The first kappa shape index (κ1) is 22.0. The second-order valence-corrected chi connectivity index (χ2v) is 7.21. The molecule has 0 spiro atoms. The molecule has 1 amide bonds. The van der Waals surface area contributed by atoms with E-state index in [1.807, 2.05) is 30.3 Å². The molecule has 1 heterocycles. The maximum absolute atomic E-state index is 12.3. The molecule has 1 fully saturated rings. The van der Waals surface area contributed by atoms with Crippen LogP contribution in [0.5, 0.6) is 5.75 Å². The largest absolute Gasteiger partial charge is 0.445 e. The molecular weight excluding hydrogens is 394 g/mol. The Kier molecular flexibility index (Phi) is 7.98. The summed E-state index contributed by atoms with van der Waals surface area (Å²) in [6.45, 7) is -0.545. The number of hydrogen-bond acceptors (Lipinski definition) is 5. The fourth-order valence-corrected chi connectivity index (χ4v) is 3.46. The molecule has 2 N–H and O–H groups in total. The molecule has 2 atom stereocenters. The first-order valence-corrected chi connectivity index (χ1v) is 9.93. The topological polar surface area (TPSA) is 71.0 Å². The van der Waals surface area contributed by atoms with Gasteiger partial charge in [0, 0.05) is 6.54 Å². The lowest BCUT2D eigenvalue weighted by Gasteiger charge is -2.28. The Morgan fingerprint density at radius 2 is 1.73 bits per heavy atom. The highest BCUT2D eigenvalue weighted by molar-refractivity contribution is 5.67. The van der Waals surface area contributed by atoms with Gasteiger partial charge in [-0.3, -0.25) is 0 Å². The highest BCUT2D eigenvalue weighted by Crippen LogP contribution is 2.23. The molecular formula is C22H26F2N2O4. The molecule has 6 nitrogen and oxygen atoms in total. The fraction of sp³-hybridized carbons (Fsp3) is 0.409. The second-order valence-electron chi connectivity index (χ2n) is 7.21. The molecule has 3 rings (SSSR count). The van der Waals surface area contributed by atoms with Gasteiger partial charge in [0.05, 0.1) is 6.04 Å². The van der Waals surface area contributed by atoms with E-state index < -0.39 is 24.9 Å². The number of alkyl halides is 2. The van der Waals surface area contributed by atoms with Gasteiger partial charge in [-0.05, 0) is 49.2 Å². The summed E-state index contributed by atoms with van der Waals surface area (Å²) in [5, 5.41) is 13.6. The van der Waals surface area contributed by atoms with Gasteiger partial charge in [-0.1, -0.05) is 42.5 Å². The maximum atomic E-state index is 12.3. The van der Waals surface area contributed by atoms with Crippen molar-refractivity contribution in [3.63, 3.8) is 0 Å². The van der Waals surface area contributed by atoms with Crippen LogP contribution in [0.3, 0.4) is 0 Å². The number of ether oxygens (including phenoxy) is 2. The molecule has 1 aliphatic rings. The smallest absolute Gasteiger partial charge is 0.407 e. The van der Waals surface area contributed by atoms with Crippen LogP contribution in [-0.2, 0) is 11.3 Å². The first-order valence-electron chi connectivity index (χ1n) is 9.93. The number of halogens is 2. The van der Waals surface area contributed by atoms with Crippen molar-refractivity contribution < 1.29 is 28.2 Å². The van der Waals surface area contributed by atoms with Gasteiger partial charge < -0.3 is 24.8 Å². The number of alkyl carbamates (subject to hydrolysis) is 1. The van der Waals surface area contributed by atoms with Gasteiger partial charge in [0.2, 0.25) is 0 Å². The van der Waals surface area contributed by atoms with E-state index in [4.69, 9.17) is 4.74 Å². The molecule has 162 valence electrons. The van der Waals surface area contributed by atoms with Crippen molar-refractivity contribution in [1.29, 1.82) is 0 Å². The molecule has 0 radical (unpaired) electrons. The predicted octanol–water partition coefficient (Wildman–Crippen LogP) is 3.71. The summed E-state index contributed by atoms with van der Waals surface area (Å²) in [6, 6.07) is 14.4. The number of rotatable bonds is 9. The first-order chi connectivity index (χ1) is 14.5. The fourth-order valence-electron chi connectivity index (χ4n) is 3.46. The molecule has 30 heavy (non-hydrogen) atoms. The number of nitrogens with one attached hydrogen (secondary N) is 1. The van der Waals surface area contributed by atoms with E-state index in [0.717, 1.165) is 31.5 Å². The number of nitrogens with zero attached hydrogens (tertiary/aromatic N) is 1. The zero-order valence-electron chi connectivity index (χ0n) is 16.5. The van der Waals surface area contributed by atoms with Crippen LogP contribution in [0.2, 0.25) is 0 Å². The van der Waals surface area contributed by atoms with E-state index >= 15 is 0 Å². The number of carbonyl (C=O) groups is 1. The summed E-state index contributed by atoms with van der Waals surface area (Å²) in [6.07, 6.45) is 0.484. The third-order valence-corrected chi connectivity index (χ3v) is 5.00. The monoisotopic (exact) mass is 420 g/mol. The van der Waals surface area contributed by atoms with E-state index in [1.165, 1.54) is 24.3 Å². The third kappa shape index (κ3) is 6.67. The number of benzene rings is 2. The van der Waals surface area contributed by atoms with E-state index in [9.17, 15) is 18.7 Å². The van der Waals surface area contributed by atoms with E-state index in [-0.39, 0.29) is 12.4 Å². The van der Waals surface area contributed by atoms with Gasteiger partial charge in [-0.15, -0.1) is 0 Å². The molecule has 0 aromatic heterocycles. The molecule has 0 bridgehead atoms. The summed E-state index contributed by atoms with van der Waals surface area (Å²) in [5.41, 5.74) is 1.35. The summed E-state index contributed by atoms with van der Waals surface area (Å²) in [4.78, 5) is 14.5. The highest BCUT2D eigenvalue weighted by Gasteiger charge is 2.27. The van der Waals surface area contributed by atoms with E-state index in [1.54, 1.807) is 0 Å². The Hall–Kier alpha value is -2.71.